The minimum Gasteiger partial charge on any atom is -0.331 e. The molecule has 2 unspecified atom stereocenters. The second-order valence-corrected chi connectivity index (χ2v) is 7.60. The quantitative estimate of drug-likeness (QED) is 0.613. The highest BCUT2D eigenvalue weighted by molar-refractivity contribution is 14.1. The number of hydrogen-bond acceptors (Lipinski definition) is 2. The lowest BCUT2D eigenvalue weighted by molar-refractivity contribution is 0.538. The Hall–Kier alpha value is -0.280. The molecule has 2 atom stereocenters. The molecule has 0 aliphatic rings. The van der Waals surface area contributed by atoms with Crippen LogP contribution >= 0.6 is 34.8 Å². The molecule has 104 valence electrons. The monoisotopic (exact) mass is 412 g/mol. The van der Waals surface area contributed by atoms with Crippen LogP contribution in [0.3, 0.4) is 0 Å². The molecule has 0 aliphatic carbocycles. The normalized spacial score (nSPS) is 14.7. The van der Waals surface area contributed by atoms with Gasteiger partial charge in [-0.3, -0.25) is 4.21 Å². The SMILES string of the molecule is CC(CCS(C)=O)n1c(=S)[nH]c2cc(I)c(F)cc21. The summed E-state index contributed by atoms with van der Waals surface area (Å²) in [6.07, 6.45) is 2.43. The largest absolute Gasteiger partial charge is 0.331 e. The van der Waals surface area contributed by atoms with Crippen LogP contribution in [0.15, 0.2) is 12.1 Å². The molecule has 3 nitrogen and oxygen atoms in total. The average Bonchev–Trinajstić information content (AvgIpc) is 2.62. The molecule has 0 saturated carbocycles. The van der Waals surface area contributed by atoms with E-state index in [-0.39, 0.29) is 11.9 Å². The number of benzene rings is 1. The molecule has 0 radical (unpaired) electrons. The van der Waals surface area contributed by atoms with Crippen LogP contribution in [0.1, 0.15) is 19.4 Å². The summed E-state index contributed by atoms with van der Waals surface area (Å²) < 4.78 is 27.9. The van der Waals surface area contributed by atoms with E-state index in [0.29, 0.717) is 14.1 Å². The lowest BCUT2D eigenvalue weighted by Gasteiger charge is -2.14. The van der Waals surface area contributed by atoms with Crippen molar-refractivity contribution in [3.05, 3.63) is 26.3 Å². The summed E-state index contributed by atoms with van der Waals surface area (Å²) in [6.45, 7) is 2.01. The smallest absolute Gasteiger partial charge is 0.178 e. The molecule has 1 aromatic carbocycles. The molecule has 2 rings (SSSR count). The van der Waals surface area contributed by atoms with Gasteiger partial charge in [0.1, 0.15) is 5.82 Å². The van der Waals surface area contributed by atoms with Crippen LogP contribution in [0.5, 0.6) is 0 Å². The second kappa shape index (κ2) is 6.01. The van der Waals surface area contributed by atoms with E-state index >= 15 is 0 Å². The van der Waals surface area contributed by atoms with E-state index in [9.17, 15) is 8.60 Å². The molecule has 19 heavy (non-hydrogen) atoms. The number of halogens is 2. The fraction of sp³-hybridized carbons (Fsp3) is 0.417. The van der Waals surface area contributed by atoms with Gasteiger partial charge in [0.15, 0.2) is 4.77 Å². The molecule has 0 saturated heterocycles. The molecule has 1 aromatic heterocycles. The Balaban J connectivity index is 2.47. The summed E-state index contributed by atoms with van der Waals surface area (Å²) in [5.41, 5.74) is 1.59. The minimum atomic E-state index is -0.829. The molecule has 0 fully saturated rings. The molecule has 7 heteroatoms. The number of nitrogens with zero attached hydrogens (tertiary/aromatic N) is 1. The van der Waals surface area contributed by atoms with Crippen LogP contribution in [0.2, 0.25) is 0 Å². The van der Waals surface area contributed by atoms with Crippen molar-refractivity contribution in [2.24, 2.45) is 0 Å². The first-order valence-corrected chi connectivity index (χ1v) is 9.01. The van der Waals surface area contributed by atoms with Crippen LogP contribution < -0.4 is 0 Å². The fourth-order valence-corrected chi connectivity index (χ4v) is 3.55. The Bertz CT molecular complexity index is 695. The number of rotatable bonds is 4. The molecular weight excluding hydrogens is 398 g/mol. The zero-order valence-corrected chi connectivity index (χ0v) is 14.4. The molecule has 0 bridgehead atoms. The predicted octanol–water partition coefficient (Wildman–Crippen LogP) is 3.77. The topological polar surface area (TPSA) is 37.8 Å². The van der Waals surface area contributed by atoms with Crippen molar-refractivity contribution in [2.45, 2.75) is 19.4 Å². The Labute approximate surface area is 132 Å². The van der Waals surface area contributed by atoms with Crippen LogP contribution in [0.25, 0.3) is 11.0 Å². The Morgan fingerprint density at radius 1 is 1.58 bits per heavy atom. The van der Waals surface area contributed by atoms with E-state index < -0.39 is 10.8 Å². The maximum atomic E-state index is 13.7. The summed E-state index contributed by atoms with van der Waals surface area (Å²) in [5, 5.41) is 0. The van der Waals surface area contributed by atoms with Gasteiger partial charge < -0.3 is 9.55 Å². The Morgan fingerprint density at radius 2 is 2.26 bits per heavy atom. The van der Waals surface area contributed by atoms with Gasteiger partial charge in [0.05, 0.1) is 14.6 Å². The van der Waals surface area contributed by atoms with E-state index in [2.05, 4.69) is 4.98 Å². The van der Waals surface area contributed by atoms with Gasteiger partial charge in [-0.15, -0.1) is 0 Å². The number of hydrogen-bond donors (Lipinski definition) is 1. The number of nitrogens with one attached hydrogen (secondary N) is 1. The third-order valence-electron chi connectivity index (χ3n) is 3.02. The van der Waals surface area contributed by atoms with Crippen LogP contribution in [0.4, 0.5) is 4.39 Å². The van der Waals surface area contributed by atoms with E-state index in [1.165, 1.54) is 6.07 Å². The lowest BCUT2D eigenvalue weighted by atomic mass is 10.2. The highest BCUT2D eigenvalue weighted by atomic mass is 127. The average molecular weight is 412 g/mol. The number of fused-ring (bicyclic) bond motifs is 1. The summed E-state index contributed by atoms with van der Waals surface area (Å²) in [6, 6.07) is 3.34. The van der Waals surface area contributed by atoms with Crippen molar-refractivity contribution < 1.29 is 8.60 Å². The Kier molecular flexibility index (Phi) is 4.78. The second-order valence-electron chi connectivity index (χ2n) is 4.50. The van der Waals surface area contributed by atoms with E-state index in [1.54, 1.807) is 12.3 Å². The van der Waals surface area contributed by atoms with Crippen molar-refractivity contribution in [3.63, 3.8) is 0 Å². The number of aromatic amines is 1. The highest BCUT2D eigenvalue weighted by Gasteiger charge is 2.13. The minimum absolute atomic E-state index is 0.0876. The zero-order chi connectivity index (χ0) is 14.2. The first kappa shape index (κ1) is 15.1. The van der Waals surface area contributed by atoms with Crippen molar-refractivity contribution in [3.8, 4) is 0 Å². The van der Waals surface area contributed by atoms with E-state index in [0.717, 1.165) is 17.5 Å². The molecule has 1 N–H and O–H groups in total. The van der Waals surface area contributed by atoms with Crippen molar-refractivity contribution >= 4 is 56.6 Å². The van der Waals surface area contributed by atoms with Crippen LogP contribution in [-0.2, 0) is 10.8 Å². The first-order valence-electron chi connectivity index (χ1n) is 5.79. The maximum absolute atomic E-state index is 13.7. The van der Waals surface area contributed by atoms with Gasteiger partial charge in [-0.05, 0) is 54.2 Å². The summed E-state index contributed by atoms with van der Waals surface area (Å²) in [7, 11) is -0.829. The third kappa shape index (κ3) is 3.25. The van der Waals surface area contributed by atoms with Crippen LogP contribution in [0, 0.1) is 14.2 Å². The third-order valence-corrected chi connectivity index (χ3v) is 4.96. The summed E-state index contributed by atoms with van der Waals surface area (Å²) >= 11 is 7.26. The van der Waals surface area contributed by atoms with Gasteiger partial charge in [0.2, 0.25) is 0 Å². The van der Waals surface area contributed by atoms with E-state index in [1.807, 2.05) is 34.1 Å². The van der Waals surface area contributed by atoms with E-state index in [4.69, 9.17) is 12.2 Å². The van der Waals surface area contributed by atoms with Gasteiger partial charge >= 0.3 is 0 Å². The van der Waals surface area contributed by atoms with Crippen molar-refractivity contribution in [1.82, 2.24) is 9.55 Å². The van der Waals surface area contributed by atoms with Crippen molar-refractivity contribution in [2.75, 3.05) is 12.0 Å². The molecule has 0 spiro atoms. The fourth-order valence-electron chi connectivity index (χ4n) is 2.02. The molecule has 0 aliphatic heterocycles. The van der Waals surface area contributed by atoms with Gasteiger partial charge in [0.25, 0.3) is 0 Å². The predicted molar refractivity (Wildman–Crippen MR) is 88.1 cm³/mol. The maximum Gasteiger partial charge on any atom is 0.178 e. The van der Waals surface area contributed by atoms with Crippen LogP contribution in [-0.4, -0.2) is 25.8 Å². The molecule has 1 heterocycles. The number of H-pyrrole nitrogens is 1. The number of aromatic nitrogens is 2. The van der Waals surface area contributed by atoms with Crippen molar-refractivity contribution in [1.29, 1.82) is 0 Å². The van der Waals surface area contributed by atoms with Gasteiger partial charge in [-0.1, -0.05) is 0 Å². The molecular formula is C12H14FIN2OS2. The standard InChI is InChI=1S/C12H14FIN2OS2/c1-7(3-4-19(2)17)16-11-5-8(13)9(14)6-10(11)15-12(16)18/h5-7H,3-4H2,1-2H3,(H,15,18). The van der Waals surface area contributed by atoms with Gasteiger partial charge in [-0.2, -0.15) is 0 Å². The number of imidazole rings is 1. The lowest BCUT2D eigenvalue weighted by Crippen LogP contribution is -2.09. The molecule has 2 aromatic rings. The Morgan fingerprint density at radius 3 is 2.89 bits per heavy atom. The first-order chi connectivity index (χ1) is 8.90. The highest BCUT2D eigenvalue weighted by Crippen LogP contribution is 2.24. The van der Waals surface area contributed by atoms with Gasteiger partial charge in [0, 0.05) is 34.9 Å². The zero-order valence-electron chi connectivity index (χ0n) is 10.6. The molecule has 0 amide bonds. The summed E-state index contributed by atoms with van der Waals surface area (Å²) in [5.74, 6) is 0.366. The van der Waals surface area contributed by atoms with Gasteiger partial charge in [-0.25, -0.2) is 4.39 Å². The summed E-state index contributed by atoms with van der Waals surface area (Å²) in [4.78, 5) is 3.09.